The van der Waals surface area contributed by atoms with Crippen LogP contribution >= 0.6 is 0 Å². The maximum absolute atomic E-state index is 13.9. The van der Waals surface area contributed by atoms with E-state index in [2.05, 4.69) is 28.9 Å². The van der Waals surface area contributed by atoms with Gasteiger partial charge in [0.05, 0.1) is 5.56 Å². The van der Waals surface area contributed by atoms with E-state index in [1.165, 1.54) is 17.7 Å². The number of rotatable bonds is 6. The number of hydrogen-bond acceptors (Lipinski definition) is 4. The Bertz CT molecular complexity index is 1110. The molecule has 0 N–H and O–H groups in total. The summed E-state index contributed by atoms with van der Waals surface area (Å²) < 4.78 is 19.1. The fraction of sp³-hybridized carbons (Fsp3) is 0.120. The summed E-state index contributed by atoms with van der Waals surface area (Å²) in [5.41, 5.74) is 3.48. The molecule has 0 aromatic heterocycles. The second-order valence-electron chi connectivity index (χ2n) is 6.91. The normalized spacial score (nSPS) is 14.5. The first-order chi connectivity index (χ1) is 14.6. The number of aliphatic imine (C=N–C) groups is 1. The van der Waals surface area contributed by atoms with Crippen molar-refractivity contribution in [2.24, 2.45) is 4.99 Å². The molecular weight excluding hydrogens is 379 g/mol. The quantitative estimate of drug-likeness (QED) is 0.422. The van der Waals surface area contributed by atoms with Crippen molar-refractivity contribution in [1.29, 1.82) is 0 Å². The van der Waals surface area contributed by atoms with E-state index in [-0.39, 0.29) is 17.2 Å². The lowest BCUT2D eigenvalue weighted by molar-refractivity contribution is -0.129. The van der Waals surface area contributed by atoms with Gasteiger partial charge in [-0.05, 0) is 48.4 Å². The Morgan fingerprint density at radius 3 is 2.37 bits per heavy atom. The molecule has 0 spiro atoms. The van der Waals surface area contributed by atoms with Crippen LogP contribution in [-0.4, -0.2) is 18.4 Å². The molecule has 4 rings (SSSR count). The summed E-state index contributed by atoms with van der Waals surface area (Å²) in [7, 11) is 0. The van der Waals surface area contributed by atoms with Crippen LogP contribution in [0.2, 0.25) is 0 Å². The molecule has 0 radical (unpaired) electrons. The van der Waals surface area contributed by atoms with Crippen LogP contribution < -0.4 is 4.90 Å². The van der Waals surface area contributed by atoms with Crippen LogP contribution in [0.3, 0.4) is 0 Å². The van der Waals surface area contributed by atoms with Gasteiger partial charge in [0.1, 0.15) is 5.82 Å². The van der Waals surface area contributed by atoms with Gasteiger partial charge >= 0.3 is 5.97 Å². The summed E-state index contributed by atoms with van der Waals surface area (Å²) in [6.45, 7) is 3.81. The van der Waals surface area contributed by atoms with E-state index in [1.807, 2.05) is 42.5 Å². The predicted octanol–water partition coefficient (Wildman–Crippen LogP) is 5.20. The van der Waals surface area contributed by atoms with Gasteiger partial charge in [0, 0.05) is 18.8 Å². The highest BCUT2D eigenvalue weighted by atomic mass is 19.1. The molecule has 0 saturated carbocycles. The minimum atomic E-state index is -0.586. The van der Waals surface area contributed by atoms with E-state index in [4.69, 9.17) is 4.74 Å². The third-order valence-electron chi connectivity index (χ3n) is 4.88. The van der Waals surface area contributed by atoms with Crippen LogP contribution in [-0.2, 0) is 16.1 Å². The molecule has 0 fully saturated rings. The molecule has 1 aliphatic rings. The van der Waals surface area contributed by atoms with E-state index in [9.17, 15) is 9.18 Å². The highest BCUT2D eigenvalue weighted by Gasteiger charge is 2.25. The summed E-state index contributed by atoms with van der Waals surface area (Å²) in [4.78, 5) is 18.6. The summed E-state index contributed by atoms with van der Waals surface area (Å²) in [5, 5.41) is 0. The number of hydrogen-bond donors (Lipinski definition) is 0. The molecule has 150 valence electrons. The standard InChI is InChI=1S/C25H21FN2O2/c1-2-28(17-19-8-4-3-5-9-19)20-14-12-18(13-15-20)16-23-25(29)30-24(27-23)21-10-6-7-11-22(21)26/h3-16H,2,17H2,1H3. The third-order valence-corrected chi connectivity index (χ3v) is 4.88. The Kier molecular flexibility index (Phi) is 5.70. The Hall–Kier alpha value is -3.73. The Morgan fingerprint density at radius 1 is 0.967 bits per heavy atom. The summed E-state index contributed by atoms with van der Waals surface area (Å²) >= 11 is 0. The second-order valence-corrected chi connectivity index (χ2v) is 6.91. The van der Waals surface area contributed by atoms with Crippen LogP contribution in [0.5, 0.6) is 0 Å². The van der Waals surface area contributed by atoms with Crippen molar-refractivity contribution in [3.05, 3.63) is 107 Å². The van der Waals surface area contributed by atoms with Gasteiger partial charge in [0.25, 0.3) is 0 Å². The summed E-state index contributed by atoms with van der Waals surface area (Å²) in [5.74, 6) is -1.08. The average Bonchev–Trinajstić information content (AvgIpc) is 3.13. The first-order valence-electron chi connectivity index (χ1n) is 9.80. The van der Waals surface area contributed by atoms with E-state index in [0.717, 1.165) is 24.3 Å². The van der Waals surface area contributed by atoms with Crippen LogP contribution in [0.25, 0.3) is 6.08 Å². The van der Waals surface area contributed by atoms with Crippen LogP contribution in [0.15, 0.2) is 89.6 Å². The largest absolute Gasteiger partial charge is 0.402 e. The highest BCUT2D eigenvalue weighted by Crippen LogP contribution is 2.23. The lowest BCUT2D eigenvalue weighted by atomic mass is 10.1. The maximum Gasteiger partial charge on any atom is 0.363 e. The number of benzene rings is 3. The minimum Gasteiger partial charge on any atom is -0.402 e. The number of cyclic esters (lactones) is 1. The Balaban J connectivity index is 1.53. The van der Waals surface area contributed by atoms with Crippen LogP contribution in [0.4, 0.5) is 10.1 Å². The van der Waals surface area contributed by atoms with Crippen LogP contribution in [0.1, 0.15) is 23.6 Å². The number of carbonyl (C=O) groups excluding carboxylic acids is 1. The monoisotopic (exact) mass is 400 g/mol. The molecule has 0 saturated heterocycles. The van der Waals surface area contributed by atoms with E-state index in [0.29, 0.717) is 0 Å². The fourth-order valence-corrected chi connectivity index (χ4v) is 3.29. The molecule has 0 aliphatic carbocycles. The van der Waals surface area contributed by atoms with Crippen molar-refractivity contribution < 1.29 is 13.9 Å². The predicted molar refractivity (Wildman–Crippen MR) is 117 cm³/mol. The van der Waals surface area contributed by atoms with Crippen molar-refractivity contribution in [3.8, 4) is 0 Å². The SMILES string of the molecule is CCN(Cc1ccccc1)c1ccc(C=C2N=C(c3ccccc3F)OC2=O)cc1. The Labute approximate surface area is 175 Å². The van der Waals surface area contributed by atoms with Crippen molar-refractivity contribution in [1.82, 2.24) is 0 Å². The summed E-state index contributed by atoms with van der Waals surface area (Å²) in [6.07, 6.45) is 1.65. The molecule has 0 unspecified atom stereocenters. The van der Waals surface area contributed by atoms with Gasteiger partial charge in [-0.25, -0.2) is 14.2 Å². The van der Waals surface area contributed by atoms with Gasteiger partial charge in [-0.1, -0.05) is 54.6 Å². The van der Waals surface area contributed by atoms with Crippen molar-refractivity contribution in [2.75, 3.05) is 11.4 Å². The fourth-order valence-electron chi connectivity index (χ4n) is 3.29. The van der Waals surface area contributed by atoms with Crippen molar-refractivity contribution in [3.63, 3.8) is 0 Å². The van der Waals surface area contributed by atoms with Gasteiger partial charge < -0.3 is 9.64 Å². The van der Waals surface area contributed by atoms with Crippen molar-refractivity contribution in [2.45, 2.75) is 13.5 Å². The first-order valence-corrected chi connectivity index (χ1v) is 9.80. The number of ether oxygens (including phenoxy) is 1. The molecule has 3 aromatic carbocycles. The molecule has 1 heterocycles. The van der Waals surface area contributed by atoms with Gasteiger partial charge in [-0.2, -0.15) is 0 Å². The number of nitrogens with zero attached hydrogens (tertiary/aromatic N) is 2. The molecular formula is C25H21FN2O2. The molecule has 1 aliphatic heterocycles. The average molecular weight is 400 g/mol. The van der Waals surface area contributed by atoms with E-state index >= 15 is 0 Å². The number of esters is 1. The van der Waals surface area contributed by atoms with E-state index < -0.39 is 11.8 Å². The number of anilines is 1. The third kappa shape index (κ3) is 4.30. The molecule has 3 aromatic rings. The topological polar surface area (TPSA) is 41.9 Å². The zero-order valence-corrected chi connectivity index (χ0v) is 16.6. The maximum atomic E-state index is 13.9. The molecule has 0 bridgehead atoms. The van der Waals surface area contributed by atoms with Crippen LogP contribution in [0, 0.1) is 5.82 Å². The lowest BCUT2D eigenvalue weighted by Crippen LogP contribution is -2.21. The van der Waals surface area contributed by atoms with Gasteiger partial charge in [0.15, 0.2) is 5.70 Å². The number of halogens is 1. The lowest BCUT2D eigenvalue weighted by Gasteiger charge is -2.23. The molecule has 4 nitrogen and oxygen atoms in total. The zero-order chi connectivity index (χ0) is 20.9. The van der Waals surface area contributed by atoms with E-state index in [1.54, 1.807) is 18.2 Å². The first kappa shape index (κ1) is 19.6. The van der Waals surface area contributed by atoms with Gasteiger partial charge in [0.2, 0.25) is 5.90 Å². The molecule has 0 amide bonds. The molecule has 30 heavy (non-hydrogen) atoms. The highest BCUT2D eigenvalue weighted by molar-refractivity contribution is 6.12. The minimum absolute atomic E-state index is 0.0130. The second kappa shape index (κ2) is 8.74. The zero-order valence-electron chi connectivity index (χ0n) is 16.6. The van der Waals surface area contributed by atoms with Gasteiger partial charge in [-0.15, -0.1) is 0 Å². The smallest absolute Gasteiger partial charge is 0.363 e. The summed E-state index contributed by atoms with van der Waals surface area (Å²) in [6, 6.07) is 24.3. The molecule has 5 heteroatoms. The Morgan fingerprint density at radius 2 is 1.67 bits per heavy atom. The van der Waals surface area contributed by atoms with Gasteiger partial charge in [-0.3, -0.25) is 0 Å². The number of carbonyl (C=O) groups is 1. The van der Waals surface area contributed by atoms with Crippen molar-refractivity contribution >= 4 is 23.6 Å². The molecule has 0 atom stereocenters.